The number of pyridine rings is 1. The van der Waals surface area contributed by atoms with E-state index in [0.717, 1.165) is 27.9 Å². The van der Waals surface area contributed by atoms with Crippen LogP contribution in [0.4, 0.5) is 5.69 Å². The molecule has 2 amide bonds. The van der Waals surface area contributed by atoms with Crippen molar-refractivity contribution < 1.29 is 14.3 Å². The average molecular weight is 405 g/mol. The molecule has 6 nitrogen and oxygen atoms in total. The first kappa shape index (κ1) is 21.3. The zero-order valence-electron chi connectivity index (χ0n) is 17.8. The highest BCUT2D eigenvalue weighted by molar-refractivity contribution is 5.98. The molecule has 1 aromatic heterocycles. The minimum absolute atomic E-state index is 0.0133. The lowest BCUT2D eigenvalue weighted by molar-refractivity contribution is -0.116. The molecule has 0 aliphatic carbocycles. The van der Waals surface area contributed by atoms with E-state index in [0.29, 0.717) is 30.1 Å². The number of benzene rings is 2. The summed E-state index contributed by atoms with van der Waals surface area (Å²) in [6.45, 7) is 6.18. The Morgan fingerprint density at radius 1 is 1.10 bits per heavy atom. The van der Waals surface area contributed by atoms with Crippen LogP contribution < -0.4 is 15.4 Å². The average Bonchev–Trinajstić information content (AvgIpc) is 2.70. The Labute approximate surface area is 176 Å². The molecule has 6 heteroatoms. The number of carbonyl (C=O) groups is 2. The fraction of sp³-hybridized carbons (Fsp3) is 0.292. The van der Waals surface area contributed by atoms with Gasteiger partial charge in [-0.2, -0.15) is 0 Å². The Hall–Kier alpha value is -3.41. The summed E-state index contributed by atoms with van der Waals surface area (Å²) in [4.78, 5) is 29.3. The predicted octanol–water partition coefficient (Wildman–Crippen LogP) is 4.47. The molecular formula is C24H27N3O3. The first-order valence-electron chi connectivity index (χ1n) is 9.98. The number of hydrogen-bond acceptors (Lipinski definition) is 4. The largest absolute Gasteiger partial charge is 0.497 e. The lowest BCUT2D eigenvalue weighted by Crippen LogP contribution is -2.24. The fourth-order valence-electron chi connectivity index (χ4n) is 3.22. The Morgan fingerprint density at radius 3 is 2.63 bits per heavy atom. The number of hydrogen-bond donors (Lipinski definition) is 2. The summed E-state index contributed by atoms with van der Waals surface area (Å²) >= 11 is 0. The van der Waals surface area contributed by atoms with Gasteiger partial charge in [-0.05, 0) is 48.7 Å². The van der Waals surface area contributed by atoms with E-state index >= 15 is 0 Å². The van der Waals surface area contributed by atoms with Crippen molar-refractivity contribution in [2.75, 3.05) is 12.4 Å². The molecule has 0 aliphatic heterocycles. The second-order valence-corrected chi connectivity index (χ2v) is 7.71. The molecule has 2 aromatic carbocycles. The number of nitrogens with zero attached hydrogens (tertiary/aromatic N) is 1. The van der Waals surface area contributed by atoms with Crippen molar-refractivity contribution in [2.24, 2.45) is 5.92 Å². The molecule has 0 aliphatic rings. The van der Waals surface area contributed by atoms with Crippen molar-refractivity contribution in [3.8, 4) is 5.75 Å². The predicted molar refractivity (Wildman–Crippen MR) is 119 cm³/mol. The standard InChI is InChI=1S/C24H27N3O3/c1-15(2)10-23(28)27-19-7-5-6-17(11-19)14-25-24(29)21-12-18-8-9-20(30-4)13-22(18)26-16(21)3/h5-9,11-13,15H,10,14H2,1-4H3,(H,25,29)(H,27,28). The maximum absolute atomic E-state index is 12.7. The number of nitrogens with one attached hydrogen (secondary N) is 2. The molecule has 0 fully saturated rings. The van der Waals surface area contributed by atoms with Gasteiger partial charge in [-0.1, -0.05) is 26.0 Å². The molecule has 30 heavy (non-hydrogen) atoms. The minimum atomic E-state index is -0.188. The van der Waals surface area contributed by atoms with Crippen LogP contribution in [0.5, 0.6) is 5.75 Å². The van der Waals surface area contributed by atoms with Gasteiger partial charge in [0.05, 0.1) is 23.9 Å². The summed E-state index contributed by atoms with van der Waals surface area (Å²) in [6.07, 6.45) is 0.473. The van der Waals surface area contributed by atoms with E-state index < -0.39 is 0 Å². The smallest absolute Gasteiger partial charge is 0.253 e. The summed E-state index contributed by atoms with van der Waals surface area (Å²) < 4.78 is 5.23. The lowest BCUT2D eigenvalue weighted by atomic mass is 10.1. The van der Waals surface area contributed by atoms with E-state index in [1.54, 1.807) is 7.11 Å². The van der Waals surface area contributed by atoms with Crippen molar-refractivity contribution in [1.82, 2.24) is 10.3 Å². The van der Waals surface area contributed by atoms with E-state index in [4.69, 9.17) is 4.74 Å². The van der Waals surface area contributed by atoms with E-state index in [-0.39, 0.29) is 11.8 Å². The maximum Gasteiger partial charge on any atom is 0.253 e. The van der Waals surface area contributed by atoms with Crippen molar-refractivity contribution in [2.45, 2.75) is 33.7 Å². The molecule has 1 heterocycles. The van der Waals surface area contributed by atoms with Gasteiger partial charge < -0.3 is 15.4 Å². The van der Waals surface area contributed by atoms with E-state index in [1.807, 2.05) is 69.3 Å². The Kier molecular flexibility index (Phi) is 6.67. The SMILES string of the molecule is COc1ccc2cc(C(=O)NCc3cccc(NC(=O)CC(C)C)c3)c(C)nc2c1. The van der Waals surface area contributed by atoms with Crippen LogP contribution in [-0.4, -0.2) is 23.9 Å². The third-order valence-corrected chi connectivity index (χ3v) is 4.72. The van der Waals surface area contributed by atoms with Crippen molar-refractivity contribution >= 4 is 28.4 Å². The third kappa shape index (κ3) is 5.35. The number of aromatic nitrogens is 1. The van der Waals surface area contributed by atoms with Gasteiger partial charge in [0.25, 0.3) is 5.91 Å². The highest BCUT2D eigenvalue weighted by Gasteiger charge is 2.12. The van der Waals surface area contributed by atoms with Gasteiger partial charge in [-0.25, -0.2) is 0 Å². The number of ether oxygens (including phenoxy) is 1. The molecule has 0 spiro atoms. The number of methoxy groups -OCH3 is 1. The van der Waals surface area contributed by atoms with E-state index in [9.17, 15) is 9.59 Å². The van der Waals surface area contributed by atoms with Crippen molar-refractivity contribution in [3.05, 3.63) is 65.4 Å². The third-order valence-electron chi connectivity index (χ3n) is 4.72. The highest BCUT2D eigenvalue weighted by atomic mass is 16.5. The van der Waals surface area contributed by atoms with Gasteiger partial charge in [0.1, 0.15) is 5.75 Å². The molecule has 0 atom stereocenters. The number of amides is 2. The molecule has 0 unspecified atom stereocenters. The van der Waals surface area contributed by atoms with Crippen LogP contribution in [0.25, 0.3) is 10.9 Å². The summed E-state index contributed by atoms with van der Waals surface area (Å²) in [5.41, 5.74) is 3.61. The van der Waals surface area contributed by atoms with Gasteiger partial charge in [0, 0.05) is 30.1 Å². The van der Waals surface area contributed by atoms with Crippen LogP contribution in [-0.2, 0) is 11.3 Å². The highest BCUT2D eigenvalue weighted by Crippen LogP contribution is 2.22. The topological polar surface area (TPSA) is 80.3 Å². The summed E-state index contributed by atoms with van der Waals surface area (Å²) in [5.74, 6) is 0.826. The first-order valence-corrected chi connectivity index (χ1v) is 9.98. The Balaban J connectivity index is 1.69. The van der Waals surface area contributed by atoms with Crippen LogP contribution in [0.15, 0.2) is 48.5 Å². The van der Waals surface area contributed by atoms with Gasteiger partial charge in [0.2, 0.25) is 5.91 Å². The molecule has 0 radical (unpaired) electrons. The van der Waals surface area contributed by atoms with Gasteiger partial charge >= 0.3 is 0 Å². The van der Waals surface area contributed by atoms with E-state index in [1.165, 1.54) is 0 Å². The van der Waals surface area contributed by atoms with Crippen LogP contribution in [0.3, 0.4) is 0 Å². The Bertz CT molecular complexity index is 1080. The summed E-state index contributed by atoms with van der Waals surface area (Å²) in [7, 11) is 1.61. The number of aryl methyl sites for hydroxylation is 1. The zero-order valence-corrected chi connectivity index (χ0v) is 17.8. The molecule has 2 N–H and O–H groups in total. The van der Waals surface area contributed by atoms with Crippen molar-refractivity contribution in [1.29, 1.82) is 0 Å². The van der Waals surface area contributed by atoms with Gasteiger partial charge in [-0.15, -0.1) is 0 Å². The second kappa shape index (κ2) is 9.39. The number of carbonyl (C=O) groups excluding carboxylic acids is 2. The maximum atomic E-state index is 12.7. The zero-order chi connectivity index (χ0) is 21.7. The molecule has 3 rings (SSSR count). The van der Waals surface area contributed by atoms with Crippen LogP contribution in [0.1, 0.15) is 41.9 Å². The monoisotopic (exact) mass is 405 g/mol. The molecule has 0 bridgehead atoms. The normalized spacial score (nSPS) is 10.8. The van der Waals surface area contributed by atoms with Gasteiger partial charge in [-0.3, -0.25) is 14.6 Å². The van der Waals surface area contributed by atoms with E-state index in [2.05, 4.69) is 15.6 Å². The van der Waals surface area contributed by atoms with Crippen molar-refractivity contribution in [3.63, 3.8) is 0 Å². The number of rotatable bonds is 7. The minimum Gasteiger partial charge on any atom is -0.497 e. The summed E-state index contributed by atoms with van der Waals surface area (Å²) in [6, 6.07) is 14.9. The lowest BCUT2D eigenvalue weighted by Gasteiger charge is -2.11. The summed E-state index contributed by atoms with van der Waals surface area (Å²) in [5, 5.41) is 6.72. The number of anilines is 1. The fourth-order valence-corrected chi connectivity index (χ4v) is 3.22. The molecule has 156 valence electrons. The molecule has 3 aromatic rings. The van der Waals surface area contributed by atoms with Crippen LogP contribution in [0.2, 0.25) is 0 Å². The quantitative estimate of drug-likeness (QED) is 0.608. The Morgan fingerprint density at radius 2 is 1.90 bits per heavy atom. The van der Waals surface area contributed by atoms with Crippen LogP contribution in [0, 0.1) is 12.8 Å². The second-order valence-electron chi connectivity index (χ2n) is 7.71. The molecular weight excluding hydrogens is 378 g/mol. The molecule has 0 saturated heterocycles. The first-order chi connectivity index (χ1) is 14.4. The molecule has 0 saturated carbocycles. The van der Waals surface area contributed by atoms with Gasteiger partial charge in [0.15, 0.2) is 0 Å². The number of fused-ring (bicyclic) bond motifs is 1. The van der Waals surface area contributed by atoms with Crippen LogP contribution >= 0.6 is 0 Å².